The molecule has 1 spiro atoms. The lowest BCUT2D eigenvalue weighted by Crippen LogP contribution is -2.48. The molecule has 2 aromatic rings. The first kappa shape index (κ1) is 19.9. The molecule has 1 unspecified atom stereocenters. The highest BCUT2D eigenvalue weighted by Crippen LogP contribution is 2.35. The number of hydrogen-bond donors (Lipinski definition) is 2. The standard InChI is InChI=1S/C21H25N5O4/c1-15(26-19(28)21(24-20(26)29)8-2-3-9-21)18(27)23-16-6-4-7-17(14-16)30-13-12-25-11-5-10-22-25/h4-7,10-11,14-15H,2-3,8-9,12-13H2,1H3,(H,23,27)(H,24,29). The number of amides is 4. The van der Waals surface area contributed by atoms with Crippen molar-refractivity contribution in [2.45, 2.75) is 50.7 Å². The third-order valence-electron chi connectivity index (χ3n) is 5.67. The van der Waals surface area contributed by atoms with Crippen molar-refractivity contribution in [1.29, 1.82) is 0 Å². The van der Waals surface area contributed by atoms with Crippen LogP contribution in [-0.4, -0.2) is 50.7 Å². The van der Waals surface area contributed by atoms with Crippen LogP contribution in [0.15, 0.2) is 42.7 Å². The molecular formula is C21H25N5O4. The van der Waals surface area contributed by atoms with Gasteiger partial charge in [-0.3, -0.25) is 14.3 Å². The minimum atomic E-state index is -0.915. The molecule has 1 aromatic heterocycles. The SMILES string of the molecule is CC(C(=O)Nc1cccc(OCCn2cccn2)c1)N1C(=O)NC2(CCCC2)C1=O. The molecule has 1 atom stereocenters. The number of nitrogens with zero attached hydrogens (tertiary/aromatic N) is 3. The Morgan fingerprint density at radius 1 is 1.30 bits per heavy atom. The van der Waals surface area contributed by atoms with Crippen LogP contribution in [0.25, 0.3) is 0 Å². The Morgan fingerprint density at radius 3 is 2.83 bits per heavy atom. The van der Waals surface area contributed by atoms with Gasteiger partial charge in [-0.25, -0.2) is 9.69 Å². The Kier molecular flexibility index (Phi) is 5.43. The zero-order valence-corrected chi connectivity index (χ0v) is 16.8. The van der Waals surface area contributed by atoms with E-state index >= 15 is 0 Å². The summed E-state index contributed by atoms with van der Waals surface area (Å²) in [6.45, 7) is 2.60. The molecule has 1 saturated carbocycles. The van der Waals surface area contributed by atoms with E-state index < -0.39 is 23.5 Å². The number of anilines is 1. The first-order chi connectivity index (χ1) is 14.5. The van der Waals surface area contributed by atoms with E-state index in [9.17, 15) is 14.4 Å². The molecule has 2 fully saturated rings. The zero-order valence-electron chi connectivity index (χ0n) is 16.8. The molecule has 4 rings (SSSR count). The third kappa shape index (κ3) is 3.87. The van der Waals surface area contributed by atoms with Crippen LogP contribution < -0.4 is 15.4 Å². The maximum Gasteiger partial charge on any atom is 0.325 e. The maximum atomic E-state index is 12.8. The molecule has 30 heavy (non-hydrogen) atoms. The molecule has 9 heteroatoms. The van der Waals surface area contributed by atoms with Crippen LogP contribution in [0.5, 0.6) is 5.75 Å². The summed E-state index contributed by atoms with van der Waals surface area (Å²) < 4.78 is 7.48. The first-order valence-corrected chi connectivity index (χ1v) is 10.2. The van der Waals surface area contributed by atoms with Crippen molar-refractivity contribution in [3.05, 3.63) is 42.7 Å². The summed E-state index contributed by atoms with van der Waals surface area (Å²) in [4.78, 5) is 39.0. The first-order valence-electron chi connectivity index (χ1n) is 10.2. The number of aromatic nitrogens is 2. The average Bonchev–Trinajstić information content (AvgIpc) is 3.45. The molecule has 158 valence electrons. The number of carbonyl (C=O) groups is 3. The lowest BCUT2D eigenvalue weighted by Gasteiger charge is -2.23. The van der Waals surface area contributed by atoms with Gasteiger partial charge >= 0.3 is 6.03 Å². The summed E-state index contributed by atoms with van der Waals surface area (Å²) in [5.41, 5.74) is -0.292. The number of hydrogen-bond acceptors (Lipinski definition) is 5. The third-order valence-corrected chi connectivity index (χ3v) is 5.67. The van der Waals surface area contributed by atoms with Crippen molar-refractivity contribution in [2.75, 3.05) is 11.9 Å². The summed E-state index contributed by atoms with van der Waals surface area (Å²) in [6.07, 6.45) is 6.60. The Morgan fingerprint density at radius 2 is 2.10 bits per heavy atom. The van der Waals surface area contributed by atoms with Crippen LogP contribution in [-0.2, 0) is 16.1 Å². The Labute approximate surface area is 174 Å². The molecule has 2 aliphatic rings. The molecule has 2 heterocycles. The van der Waals surface area contributed by atoms with E-state index in [1.165, 1.54) is 0 Å². The molecule has 2 N–H and O–H groups in total. The van der Waals surface area contributed by atoms with Crippen LogP contribution in [0.4, 0.5) is 10.5 Å². The molecule has 9 nitrogen and oxygen atoms in total. The van der Waals surface area contributed by atoms with Gasteiger partial charge in [0.1, 0.15) is 23.9 Å². The van der Waals surface area contributed by atoms with Gasteiger partial charge in [-0.2, -0.15) is 5.10 Å². The Balaban J connectivity index is 1.36. The second kappa shape index (κ2) is 8.17. The molecule has 4 amide bonds. The quantitative estimate of drug-likeness (QED) is 0.679. The van der Waals surface area contributed by atoms with Crippen molar-refractivity contribution in [3.63, 3.8) is 0 Å². The minimum Gasteiger partial charge on any atom is -0.492 e. The van der Waals surface area contributed by atoms with Crippen molar-refractivity contribution >= 4 is 23.5 Å². The van der Waals surface area contributed by atoms with Gasteiger partial charge in [0.25, 0.3) is 5.91 Å². The highest BCUT2D eigenvalue weighted by molar-refractivity contribution is 6.11. The highest BCUT2D eigenvalue weighted by atomic mass is 16.5. The van der Waals surface area contributed by atoms with Crippen LogP contribution >= 0.6 is 0 Å². The molecule has 1 saturated heterocycles. The fourth-order valence-corrected chi connectivity index (χ4v) is 4.03. The van der Waals surface area contributed by atoms with Gasteiger partial charge in [0.2, 0.25) is 5.91 Å². The lowest BCUT2D eigenvalue weighted by atomic mass is 9.97. The summed E-state index contributed by atoms with van der Waals surface area (Å²) in [7, 11) is 0. The number of carbonyl (C=O) groups excluding carboxylic acids is 3. The summed E-state index contributed by atoms with van der Waals surface area (Å²) >= 11 is 0. The van der Waals surface area contributed by atoms with Crippen LogP contribution in [0.3, 0.4) is 0 Å². The van der Waals surface area contributed by atoms with Crippen LogP contribution in [0, 0.1) is 0 Å². The normalized spacial score (nSPS) is 18.5. The van der Waals surface area contributed by atoms with Gasteiger partial charge in [0.05, 0.1) is 6.54 Å². The van der Waals surface area contributed by atoms with Gasteiger partial charge in [-0.05, 0) is 38.0 Å². The molecular weight excluding hydrogens is 386 g/mol. The van der Waals surface area contributed by atoms with Gasteiger partial charge in [0.15, 0.2) is 0 Å². The molecule has 1 aromatic carbocycles. The topological polar surface area (TPSA) is 106 Å². The minimum absolute atomic E-state index is 0.302. The fraction of sp³-hybridized carbons (Fsp3) is 0.429. The predicted octanol–water partition coefficient (Wildman–Crippen LogP) is 2.15. The highest BCUT2D eigenvalue weighted by Gasteiger charge is 2.54. The van der Waals surface area contributed by atoms with E-state index in [1.54, 1.807) is 42.1 Å². The van der Waals surface area contributed by atoms with Crippen molar-refractivity contribution in [2.24, 2.45) is 0 Å². The van der Waals surface area contributed by atoms with Crippen molar-refractivity contribution < 1.29 is 19.1 Å². The van der Waals surface area contributed by atoms with Crippen molar-refractivity contribution in [3.8, 4) is 5.75 Å². The number of benzene rings is 1. The number of nitrogens with one attached hydrogen (secondary N) is 2. The molecule has 0 radical (unpaired) electrons. The van der Waals surface area contributed by atoms with E-state index in [4.69, 9.17) is 4.74 Å². The smallest absolute Gasteiger partial charge is 0.325 e. The average molecular weight is 411 g/mol. The van der Waals surface area contributed by atoms with E-state index in [2.05, 4.69) is 15.7 Å². The summed E-state index contributed by atoms with van der Waals surface area (Å²) in [6, 6.07) is 7.43. The monoisotopic (exact) mass is 411 g/mol. The largest absolute Gasteiger partial charge is 0.492 e. The van der Waals surface area contributed by atoms with Gasteiger partial charge < -0.3 is 15.4 Å². The zero-order chi connectivity index (χ0) is 21.1. The number of rotatable bonds is 7. The lowest BCUT2D eigenvalue weighted by molar-refractivity contribution is -0.136. The summed E-state index contributed by atoms with van der Waals surface area (Å²) in [5, 5.41) is 9.69. The van der Waals surface area contributed by atoms with E-state index in [-0.39, 0.29) is 5.91 Å². The van der Waals surface area contributed by atoms with Crippen molar-refractivity contribution in [1.82, 2.24) is 20.0 Å². The second-order valence-electron chi connectivity index (χ2n) is 7.71. The predicted molar refractivity (Wildman–Crippen MR) is 109 cm³/mol. The number of imide groups is 1. The van der Waals surface area contributed by atoms with Gasteiger partial charge in [-0.1, -0.05) is 18.9 Å². The summed E-state index contributed by atoms with van der Waals surface area (Å²) in [5.74, 6) is -0.127. The van der Waals surface area contributed by atoms with E-state index in [1.807, 2.05) is 12.3 Å². The van der Waals surface area contributed by atoms with Crippen LogP contribution in [0.1, 0.15) is 32.6 Å². The van der Waals surface area contributed by atoms with E-state index in [0.717, 1.165) is 17.7 Å². The Bertz CT molecular complexity index is 937. The molecule has 1 aliphatic carbocycles. The molecule has 1 aliphatic heterocycles. The number of ether oxygens (including phenoxy) is 1. The van der Waals surface area contributed by atoms with E-state index in [0.29, 0.717) is 37.4 Å². The molecule has 0 bridgehead atoms. The Hall–Kier alpha value is -3.36. The van der Waals surface area contributed by atoms with Gasteiger partial charge in [-0.15, -0.1) is 0 Å². The second-order valence-corrected chi connectivity index (χ2v) is 7.71. The van der Waals surface area contributed by atoms with Gasteiger partial charge in [0, 0.05) is 24.1 Å². The van der Waals surface area contributed by atoms with Crippen LogP contribution in [0.2, 0.25) is 0 Å². The number of urea groups is 1. The fourth-order valence-electron chi connectivity index (χ4n) is 4.03. The maximum absolute atomic E-state index is 12.8.